The standard InChI is InChI=1S/C10H9N2O/c1-13-10-5-3-9(4-6-10)12-8-2-7-11-12/h2-6,8H,1H3. The van der Waals surface area contributed by atoms with Crippen LogP contribution in [0, 0.1) is 6.20 Å². The van der Waals surface area contributed by atoms with Crippen molar-refractivity contribution in [2.75, 3.05) is 7.11 Å². The van der Waals surface area contributed by atoms with Gasteiger partial charge < -0.3 is 4.74 Å². The quantitative estimate of drug-likeness (QED) is 0.690. The van der Waals surface area contributed by atoms with Crippen LogP contribution in [0.25, 0.3) is 5.69 Å². The first-order valence-corrected chi connectivity index (χ1v) is 3.96. The maximum absolute atomic E-state index is 5.05. The fourth-order valence-corrected chi connectivity index (χ4v) is 1.11. The van der Waals surface area contributed by atoms with E-state index in [-0.39, 0.29) is 0 Å². The minimum atomic E-state index is 0.847. The average Bonchev–Trinajstić information content (AvgIpc) is 2.71. The SMILES string of the molecule is COc1ccc(-n2cc[c]n2)cc1. The number of methoxy groups -OCH3 is 1. The molecule has 0 spiro atoms. The largest absolute Gasteiger partial charge is 0.497 e. The monoisotopic (exact) mass is 173 g/mol. The molecule has 3 nitrogen and oxygen atoms in total. The molecule has 1 aromatic heterocycles. The predicted molar refractivity (Wildman–Crippen MR) is 49.0 cm³/mol. The lowest BCUT2D eigenvalue weighted by Gasteiger charge is -2.02. The van der Waals surface area contributed by atoms with E-state index in [1.807, 2.05) is 30.5 Å². The van der Waals surface area contributed by atoms with Crippen LogP contribution < -0.4 is 4.74 Å². The van der Waals surface area contributed by atoms with Crippen LogP contribution in [0.15, 0.2) is 36.5 Å². The zero-order valence-corrected chi connectivity index (χ0v) is 7.27. The summed E-state index contributed by atoms with van der Waals surface area (Å²) in [6.07, 6.45) is 4.59. The predicted octanol–water partition coefficient (Wildman–Crippen LogP) is 1.68. The Morgan fingerprint density at radius 2 is 2.08 bits per heavy atom. The molecule has 0 saturated heterocycles. The highest BCUT2D eigenvalue weighted by Crippen LogP contribution is 2.13. The van der Waals surface area contributed by atoms with Gasteiger partial charge in [-0.05, 0) is 30.3 Å². The molecule has 0 atom stereocenters. The molecule has 0 saturated carbocycles. The maximum atomic E-state index is 5.05. The Labute approximate surface area is 76.6 Å². The van der Waals surface area contributed by atoms with Gasteiger partial charge >= 0.3 is 0 Å². The van der Waals surface area contributed by atoms with Gasteiger partial charge in [-0.2, -0.15) is 5.10 Å². The number of benzene rings is 1. The molecular formula is C10H9N2O. The molecule has 1 radical (unpaired) electrons. The number of nitrogens with zero attached hydrogens (tertiary/aromatic N) is 2. The van der Waals surface area contributed by atoms with Crippen molar-refractivity contribution in [1.29, 1.82) is 0 Å². The van der Waals surface area contributed by atoms with E-state index in [0.29, 0.717) is 0 Å². The smallest absolute Gasteiger partial charge is 0.119 e. The molecule has 0 bridgehead atoms. The average molecular weight is 173 g/mol. The van der Waals surface area contributed by atoms with Crippen molar-refractivity contribution in [3.63, 3.8) is 0 Å². The van der Waals surface area contributed by atoms with Gasteiger partial charge in [-0.15, -0.1) is 0 Å². The van der Waals surface area contributed by atoms with Crippen LogP contribution in [-0.2, 0) is 0 Å². The molecule has 1 heterocycles. The summed E-state index contributed by atoms with van der Waals surface area (Å²) in [5, 5.41) is 3.99. The number of ether oxygens (including phenoxy) is 1. The van der Waals surface area contributed by atoms with E-state index in [4.69, 9.17) is 4.74 Å². The van der Waals surface area contributed by atoms with E-state index < -0.39 is 0 Å². The Balaban J connectivity index is 2.33. The highest BCUT2D eigenvalue weighted by molar-refractivity contribution is 5.36. The second kappa shape index (κ2) is 3.31. The summed E-state index contributed by atoms with van der Waals surface area (Å²) in [5.74, 6) is 0.847. The molecule has 3 heteroatoms. The summed E-state index contributed by atoms with van der Waals surface area (Å²) in [5.41, 5.74) is 1.00. The van der Waals surface area contributed by atoms with Crippen molar-refractivity contribution >= 4 is 0 Å². The lowest BCUT2D eigenvalue weighted by molar-refractivity contribution is 0.414. The minimum Gasteiger partial charge on any atom is -0.497 e. The Bertz CT molecular complexity index is 364. The molecule has 0 fully saturated rings. The lowest BCUT2D eigenvalue weighted by atomic mass is 10.3. The van der Waals surface area contributed by atoms with Crippen LogP contribution in [-0.4, -0.2) is 16.9 Å². The second-order valence-corrected chi connectivity index (χ2v) is 2.59. The van der Waals surface area contributed by atoms with E-state index in [0.717, 1.165) is 11.4 Å². The molecular weight excluding hydrogens is 164 g/mol. The Morgan fingerprint density at radius 1 is 1.31 bits per heavy atom. The van der Waals surface area contributed by atoms with E-state index in [9.17, 15) is 0 Å². The highest BCUT2D eigenvalue weighted by atomic mass is 16.5. The van der Waals surface area contributed by atoms with Crippen molar-refractivity contribution in [2.45, 2.75) is 0 Å². The van der Waals surface area contributed by atoms with Gasteiger partial charge in [0.2, 0.25) is 0 Å². The molecule has 65 valence electrons. The first-order valence-electron chi connectivity index (χ1n) is 3.96. The molecule has 0 aliphatic rings. The van der Waals surface area contributed by atoms with Crippen LogP contribution in [0.2, 0.25) is 0 Å². The van der Waals surface area contributed by atoms with E-state index in [1.165, 1.54) is 0 Å². The normalized spacial score (nSPS) is 9.92. The first-order chi connectivity index (χ1) is 6.40. The molecule has 13 heavy (non-hydrogen) atoms. The third-order valence-corrected chi connectivity index (χ3v) is 1.79. The van der Waals surface area contributed by atoms with Crippen LogP contribution in [0.3, 0.4) is 0 Å². The third kappa shape index (κ3) is 1.54. The van der Waals surface area contributed by atoms with E-state index in [1.54, 1.807) is 17.9 Å². The van der Waals surface area contributed by atoms with Crippen LogP contribution in [0.5, 0.6) is 5.75 Å². The highest BCUT2D eigenvalue weighted by Gasteiger charge is 1.95. The maximum Gasteiger partial charge on any atom is 0.119 e. The molecule has 0 N–H and O–H groups in total. The molecule has 2 rings (SSSR count). The van der Waals surface area contributed by atoms with Crippen molar-refractivity contribution in [3.8, 4) is 11.4 Å². The number of aromatic nitrogens is 2. The molecule has 0 aliphatic carbocycles. The van der Waals surface area contributed by atoms with E-state index >= 15 is 0 Å². The van der Waals surface area contributed by atoms with Crippen molar-refractivity contribution < 1.29 is 4.74 Å². The van der Waals surface area contributed by atoms with Crippen LogP contribution in [0.1, 0.15) is 0 Å². The zero-order valence-electron chi connectivity index (χ0n) is 7.27. The molecule has 0 aliphatic heterocycles. The Morgan fingerprint density at radius 3 is 2.62 bits per heavy atom. The van der Waals surface area contributed by atoms with Gasteiger partial charge in [0.05, 0.1) is 12.8 Å². The molecule has 1 aromatic carbocycles. The summed E-state index contributed by atoms with van der Waals surface area (Å²) in [4.78, 5) is 0. The molecule has 0 unspecified atom stereocenters. The van der Waals surface area contributed by atoms with Gasteiger partial charge in [0.15, 0.2) is 0 Å². The van der Waals surface area contributed by atoms with Gasteiger partial charge in [-0.3, -0.25) is 0 Å². The Kier molecular flexibility index (Phi) is 2.00. The fourth-order valence-electron chi connectivity index (χ4n) is 1.11. The van der Waals surface area contributed by atoms with E-state index in [2.05, 4.69) is 11.3 Å². The molecule has 2 aromatic rings. The second-order valence-electron chi connectivity index (χ2n) is 2.59. The summed E-state index contributed by atoms with van der Waals surface area (Å²) in [6, 6.07) is 9.46. The van der Waals surface area contributed by atoms with Crippen LogP contribution >= 0.6 is 0 Å². The van der Waals surface area contributed by atoms with Crippen molar-refractivity contribution in [1.82, 2.24) is 9.78 Å². The topological polar surface area (TPSA) is 27.1 Å². The van der Waals surface area contributed by atoms with Gasteiger partial charge in [-0.1, -0.05) is 0 Å². The van der Waals surface area contributed by atoms with Crippen LogP contribution in [0.4, 0.5) is 0 Å². The fraction of sp³-hybridized carbons (Fsp3) is 0.100. The van der Waals surface area contributed by atoms with Crippen molar-refractivity contribution in [2.24, 2.45) is 0 Å². The summed E-state index contributed by atoms with van der Waals surface area (Å²) < 4.78 is 6.80. The summed E-state index contributed by atoms with van der Waals surface area (Å²) >= 11 is 0. The first kappa shape index (κ1) is 7.86. The Hall–Kier alpha value is -1.77. The lowest BCUT2D eigenvalue weighted by Crippen LogP contribution is -1.93. The third-order valence-electron chi connectivity index (χ3n) is 1.79. The number of hydrogen-bond acceptors (Lipinski definition) is 2. The van der Waals surface area contributed by atoms with Gasteiger partial charge in [0.25, 0.3) is 0 Å². The zero-order chi connectivity index (χ0) is 9.10. The summed E-state index contributed by atoms with van der Waals surface area (Å²) in [6.45, 7) is 0. The number of hydrogen-bond donors (Lipinski definition) is 0. The molecule has 0 amide bonds. The summed E-state index contributed by atoms with van der Waals surface area (Å²) in [7, 11) is 1.65. The minimum absolute atomic E-state index is 0.847. The number of rotatable bonds is 2. The van der Waals surface area contributed by atoms with Gasteiger partial charge in [0, 0.05) is 6.20 Å². The van der Waals surface area contributed by atoms with Gasteiger partial charge in [-0.25, -0.2) is 4.68 Å². The van der Waals surface area contributed by atoms with Gasteiger partial charge in [0.1, 0.15) is 11.9 Å². The van der Waals surface area contributed by atoms with Crippen molar-refractivity contribution in [3.05, 3.63) is 42.7 Å².